The second-order valence-corrected chi connectivity index (χ2v) is 10.5. The van der Waals surface area contributed by atoms with E-state index in [0.29, 0.717) is 23.8 Å². The van der Waals surface area contributed by atoms with E-state index in [1.54, 1.807) is 18.2 Å². The molecule has 1 unspecified atom stereocenters. The van der Waals surface area contributed by atoms with E-state index in [4.69, 9.17) is 14.3 Å². The van der Waals surface area contributed by atoms with Gasteiger partial charge in [-0.3, -0.25) is 29.9 Å². The molecule has 2 aliphatic heterocycles. The molecule has 0 N–H and O–H groups in total. The Kier molecular flexibility index (Phi) is 9.22. The number of rotatable bonds is 10. The Balaban J connectivity index is 1.42. The van der Waals surface area contributed by atoms with Crippen LogP contribution in [0.2, 0.25) is 0 Å². The molecule has 1 amide bonds. The molecule has 2 aliphatic rings. The third kappa shape index (κ3) is 6.94. The molecule has 0 radical (unpaired) electrons. The first-order valence-electron chi connectivity index (χ1n) is 14.1. The smallest absolute Gasteiger partial charge is 0.321 e. The topological polar surface area (TPSA) is 192 Å². The molecule has 0 saturated carbocycles. The van der Waals surface area contributed by atoms with Crippen LogP contribution in [0, 0.1) is 25.4 Å². The number of ether oxygens (including phenoxy) is 2. The van der Waals surface area contributed by atoms with Crippen LogP contribution >= 0.6 is 0 Å². The Bertz CT molecular complexity index is 1710. The monoisotopic (exact) mass is 634 g/mol. The Morgan fingerprint density at radius 3 is 2.28 bits per heavy atom. The van der Waals surface area contributed by atoms with Crippen LogP contribution in [0.4, 0.5) is 17.1 Å². The van der Waals surface area contributed by atoms with Crippen molar-refractivity contribution >= 4 is 28.7 Å². The van der Waals surface area contributed by atoms with Crippen LogP contribution in [0.1, 0.15) is 30.5 Å². The first-order chi connectivity index (χ1) is 22.0. The second kappa shape index (κ2) is 13.4. The number of hydrogen-bond donors (Lipinski definition) is 0. The van der Waals surface area contributed by atoms with Crippen molar-refractivity contribution in [2.24, 2.45) is 10.4 Å². The quantitative estimate of drug-likeness (QED) is 0.131. The Labute approximate surface area is 262 Å². The van der Waals surface area contributed by atoms with Crippen molar-refractivity contribution in [3.8, 4) is 17.2 Å². The van der Waals surface area contributed by atoms with E-state index in [1.807, 2.05) is 43.3 Å². The maximum Gasteiger partial charge on any atom is 0.321 e. The highest BCUT2D eigenvalue weighted by Crippen LogP contribution is 2.42. The van der Waals surface area contributed by atoms with Crippen molar-refractivity contribution in [2.45, 2.75) is 19.4 Å². The molecule has 0 aromatic heterocycles. The summed E-state index contributed by atoms with van der Waals surface area (Å²) in [5.41, 5.74) is 1.59. The lowest BCUT2D eigenvalue weighted by Crippen LogP contribution is -2.40. The fraction of sp³-hybridized carbons (Fsp3) is 0.310. The van der Waals surface area contributed by atoms with Crippen molar-refractivity contribution in [1.82, 2.24) is 10.0 Å². The minimum Gasteiger partial charge on any atom is -0.569 e. The van der Waals surface area contributed by atoms with Crippen LogP contribution in [0.5, 0.6) is 17.2 Å². The molecule has 1 atom stereocenters. The first-order valence-corrected chi connectivity index (χ1v) is 14.1. The summed E-state index contributed by atoms with van der Waals surface area (Å²) in [6, 6.07) is 15.6. The van der Waals surface area contributed by atoms with Crippen molar-refractivity contribution in [3.05, 3.63) is 97.2 Å². The third-order valence-corrected chi connectivity index (χ3v) is 7.29. The lowest BCUT2D eigenvalue weighted by molar-refractivity contribution is -0.710. The Morgan fingerprint density at radius 1 is 0.978 bits per heavy atom. The zero-order valence-electron chi connectivity index (χ0n) is 25.1. The van der Waals surface area contributed by atoms with Gasteiger partial charge in [-0.25, -0.2) is 5.01 Å². The number of anilines is 1. The summed E-state index contributed by atoms with van der Waals surface area (Å²) in [5, 5.41) is 46.5. The summed E-state index contributed by atoms with van der Waals surface area (Å²) in [6.07, 6.45) is 0.399. The minimum atomic E-state index is -0.893. The molecule has 0 bridgehead atoms. The predicted molar refractivity (Wildman–Crippen MR) is 163 cm³/mol. The number of hydrazone groups is 1. The summed E-state index contributed by atoms with van der Waals surface area (Å²) in [6.45, 7) is 2.45. The highest BCUT2D eigenvalue weighted by molar-refractivity contribution is 6.03. The molecule has 5 rings (SSSR count). The zero-order chi connectivity index (χ0) is 33.0. The van der Waals surface area contributed by atoms with Gasteiger partial charge in [0.1, 0.15) is 24.9 Å². The van der Waals surface area contributed by atoms with Gasteiger partial charge in [-0.05, 0) is 29.8 Å². The van der Waals surface area contributed by atoms with Crippen LogP contribution in [-0.2, 0) is 9.53 Å². The second-order valence-electron chi connectivity index (χ2n) is 10.5. The lowest BCUT2D eigenvalue weighted by Gasteiger charge is -2.21. The zero-order valence-corrected chi connectivity index (χ0v) is 25.1. The van der Waals surface area contributed by atoms with E-state index in [0.717, 1.165) is 17.3 Å². The summed E-state index contributed by atoms with van der Waals surface area (Å²) in [4.78, 5) is 41.6. The van der Waals surface area contributed by atoms with E-state index < -0.39 is 27.0 Å². The van der Waals surface area contributed by atoms with E-state index in [9.17, 15) is 30.2 Å². The highest BCUT2D eigenvalue weighted by Gasteiger charge is 2.32. The lowest BCUT2D eigenvalue weighted by atomic mass is 9.98. The van der Waals surface area contributed by atoms with Gasteiger partial charge in [0.2, 0.25) is 22.7 Å². The Morgan fingerprint density at radius 2 is 1.65 bits per heavy atom. The molecular formula is C29H30N8O9. The molecule has 0 spiro atoms. The number of nitro benzene ring substituents is 2. The number of nitro groups is 2. The van der Waals surface area contributed by atoms with Gasteiger partial charge < -0.3 is 19.6 Å². The van der Waals surface area contributed by atoms with Gasteiger partial charge in [0.05, 0.1) is 39.8 Å². The first kappa shape index (κ1) is 31.6. The summed E-state index contributed by atoms with van der Waals surface area (Å²) >= 11 is 0. The van der Waals surface area contributed by atoms with Gasteiger partial charge >= 0.3 is 11.4 Å². The average Bonchev–Trinajstić information content (AvgIpc) is 3.50. The number of benzene rings is 3. The molecule has 3 aromatic rings. The van der Waals surface area contributed by atoms with E-state index >= 15 is 0 Å². The van der Waals surface area contributed by atoms with E-state index in [2.05, 4.69) is 10.4 Å². The maximum absolute atomic E-state index is 12.5. The molecular weight excluding hydrogens is 604 g/mol. The normalized spacial score (nSPS) is 16.5. The van der Waals surface area contributed by atoms with Gasteiger partial charge in [-0.2, -0.15) is 5.10 Å². The van der Waals surface area contributed by atoms with Gasteiger partial charge in [-0.1, -0.05) is 24.3 Å². The predicted octanol–water partition coefficient (Wildman–Crippen LogP) is 4.56. The van der Waals surface area contributed by atoms with E-state index in [1.165, 1.54) is 23.0 Å². The number of hydrazine groups is 1. The maximum atomic E-state index is 12.5. The number of hydrogen-bond acceptors (Lipinski definition) is 12. The molecule has 0 aliphatic carbocycles. The van der Waals surface area contributed by atoms with Crippen LogP contribution in [0.3, 0.4) is 0 Å². The summed E-state index contributed by atoms with van der Waals surface area (Å²) in [7, 11) is 3.87. The van der Waals surface area contributed by atoms with Crippen molar-refractivity contribution in [3.63, 3.8) is 0 Å². The summed E-state index contributed by atoms with van der Waals surface area (Å²) in [5.74, 6) is -1.03. The molecule has 46 heavy (non-hydrogen) atoms. The molecule has 240 valence electrons. The fourth-order valence-electron chi connectivity index (χ4n) is 4.93. The van der Waals surface area contributed by atoms with Crippen LogP contribution in [-0.4, -0.2) is 76.9 Å². The molecule has 17 nitrogen and oxygen atoms in total. The Hall–Kier alpha value is -5.84. The van der Waals surface area contributed by atoms with Crippen molar-refractivity contribution in [1.29, 1.82) is 0 Å². The van der Waals surface area contributed by atoms with Gasteiger partial charge in [-0.15, -0.1) is 5.01 Å². The molecule has 1 saturated heterocycles. The SMILES string of the molecule is CC(=O)N1N=C(c2cccc(Oc3cc(O/N=[N+](\[O-])N4CCOCC4)c([N+](=O)[O-])cc3[N+](=O)[O-])c2)CC1c1ccc(N(C)C)cc1. The van der Waals surface area contributed by atoms with Gasteiger partial charge in [0, 0.05) is 44.8 Å². The molecule has 17 heteroatoms. The molecule has 3 aromatic carbocycles. The third-order valence-electron chi connectivity index (χ3n) is 7.29. The largest absolute Gasteiger partial charge is 0.569 e. The average molecular weight is 635 g/mol. The number of carbonyl (C=O) groups is 1. The van der Waals surface area contributed by atoms with Crippen LogP contribution in [0.15, 0.2) is 71.0 Å². The van der Waals surface area contributed by atoms with Crippen molar-refractivity contribution in [2.75, 3.05) is 45.3 Å². The molecule has 1 fully saturated rings. The minimum absolute atomic E-state index is 0.133. The standard InChI is InChI=1S/C29H30N8O9/c1-19(38)34-25(20-7-9-22(10-8-20)32(2)3)16-24(30-34)21-5-4-6-23(15-21)45-28-18-29(27(36(41)42)17-26(28)35(39)40)46-31-37(43)33-11-13-44-14-12-33/h4-10,15,17-18,25H,11-14,16H2,1-3H3/b37-31-. The molecule has 2 heterocycles. The van der Waals surface area contributed by atoms with Crippen molar-refractivity contribution < 1.29 is 33.9 Å². The number of amides is 1. The van der Waals surface area contributed by atoms with Crippen LogP contribution < -0.4 is 14.5 Å². The number of nitrogens with zero attached hydrogens (tertiary/aromatic N) is 8. The fourth-order valence-corrected chi connectivity index (χ4v) is 4.93. The number of morpholine rings is 1. The van der Waals surface area contributed by atoms with Crippen LogP contribution in [0.25, 0.3) is 0 Å². The highest BCUT2D eigenvalue weighted by atomic mass is 16.7. The number of carbonyl (C=O) groups excluding carboxylic acids is 1. The van der Waals surface area contributed by atoms with E-state index in [-0.39, 0.29) is 54.7 Å². The summed E-state index contributed by atoms with van der Waals surface area (Å²) < 4.78 is 11.0. The van der Waals surface area contributed by atoms with Gasteiger partial charge in [0.15, 0.2) is 0 Å². The van der Waals surface area contributed by atoms with Gasteiger partial charge in [0.25, 0.3) is 0 Å².